The van der Waals surface area contributed by atoms with Crippen LogP contribution >= 0.6 is 0 Å². The van der Waals surface area contributed by atoms with Crippen molar-refractivity contribution in [2.75, 3.05) is 32.6 Å². The van der Waals surface area contributed by atoms with Gasteiger partial charge in [0.05, 0.1) is 5.75 Å². The first-order chi connectivity index (χ1) is 6.62. The molecule has 1 N–H and O–H groups in total. The van der Waals surface area contributed by atoms with Crippen molar-refractivity contribution in [3.8, 4) is 0 Å². The summed E-state index contributed by atoms with van der Waals surface area (Å²) < 4.78 is 29.4. The molecule has 0 aromatic carbocycles. The van der Waals surface area contributed by atoms with E-state index in [2.05, 4.69) is 14.7 Å². The minimum atomic E-state index is -3.25. The van der Waals surface area contributed by atoms with Gasteiger partial charge in [-0.15, -0.1) is 0 Å². The third-order valence-corrected chi connectivity index (χ3v) is 2.83. The first-order valence-corrected chi connectivity index (χ1v) is 5.75. The summed E-state index contributed by atoms with van der Waals surface area (Å²) >= 11 is 0. The lowest BCUT2D eigenvalue weighted by atomic mass is 10.5. The van der Waals surface area contributed by atoms with Gasteiger partial charge in [-0.1, -0.05) is 5.11 Å². The van der Waals surface area contributed by atoms with Gasteiger partial charge in [0, 0.05) is 31.7 Å². The second-order valence-corrected chi connectivity index (χ2v) is 4.44. The van der Waals surface area contributed by atoms with Gasteiger partial charge in [0.1, 0.15) is 0 Å². The fraction of sp³-hybridized carbons (Fsp3) is 1.00. The summed E-state index contributed by atoms with van der Waals surface area (Å²) in [6, 6.07) is 0. The normalized spacial score (nSPS) is 10.9. The summed E-state index contributed by atoms with van der Waals surface area (Å²) in [6.45, 7) is 0.677. The maximum Gasteiger partial charge on any atom is 0.211 e. The molecule has 0 radical (unpaired) electrons. The quantitative estimate of drug-likeness (QED) is 0.275. The van der Waals surface area contributed by atoms with Crippen LogP contribution in [0.2, 0.25) is 0 Å². The molecular weight excluding hydrogens is 208 g/mol. The van der Waals surface area contributed by atoms with Gasteiger partial charge in [-0.25, -0.2) is 13.1 Å². The van der Waals surface area contributed by atoms with Crippen molar-refractivity contribution >= 4 is 10.0 Å². The number of hydrogen-bond donors (Lipinski definition) is 1. The monoisotopic (exact) mass is 222 g/mol. The molecule has 0 atom stereocenters. The van der Waals surface area contributed by atoms with E-state index in [1.54, 1.807) is 0 Å². The van der Waals surface area contributed by atoms with Crippen LogP contribution in [0.5, 0.6) is 0 Å². The molecule has 0 amide bonds. The molecule has 8 heteroatoms. The molecule has 0 saturated carbocycles. The second-order valence-electron chi connectivity index (χ2n) is 2.51. The van der Waals surface area contributed by atoms with Crippen LogP contribution in [0.4, 0.5) is 0 Å². The van der Waals surface area contributed by atoms with Crippen LogP contribution < -0.4 is 4.72 Å². The second kappa shape index (κ2) is 7.57. The Morgan fingerprint density at radius 1 is 1.57 bits per heavy atom. The Morgan fingerprint density at radius 3 is 2.86 bits per heavy atom. The van der Waals surface area contributed by atoms with Gasteiger partial charge in [0.15, 0.2) is 0 Å². The zero-order valence-electron chi connectivity index (χ0n) is 8.01. The van der Waals surface area contributed by atoms with Gasteiger partial charge in [0.25, 0.3) is 0 Å². The molecule has 0 aromatic heterocycles. The average molecular weight is 222 g/mol. The van der Waals surface area contributed by atoms with Crippen molar-refractivity contribution in [2.45, 2.75) is 6.42 Å². The number of ether oxygens (including phenoxy) is 1. The van der Waals surface area contributed by atoms with Crippen molar-refractivity contribution in [2.24, 2.45) is 5.11 Å². The third kappa shape index (κ3) is 7.81. The summed E-state index contributed by atoms with van der Waals surface area (Å²) in [5, 5.41) is 3.20. The Balaban J connectivity index is 3.67. The van der Waals surface area contributed by atoms with Gasteiger partial charge < -0.3 is 4.74 Å². The van der Waals surface area contributed by atoms with Crippen LogP contribution in [0.3, 0.4) is 0 Å². The Hall–Kier alpha value is -0.820. The minimum Gasteiger partial charge on any atom is -0.385 e. The van der Waals surface area contributed by atoms with Crippen molar-refractivity contribution < 1.29 is 13.2 Å². The van der Waals surface area contributed by atoms with Crippen molar-refractivity contribution in [1.82, 2.24) is 4.72 Å². The van der Waals surface area contributed by atoms with Gasteiger partial charge in [-0.3, -0.25) is 0 Å². The number of azide groups is 1. The van der Waals surface area contributed by atoms with Gasteiger partial charge in [-0.05, 0) is 12.0 Å². The maximum atomic E-state index is 11.2. The van der Waals surface area contributed by atoms with E-state index in [0.717, 1.165) is 0 Å². The molecule has 7 nitrogen and oxygen atoms in total. The van der Waals surface area contributed by atoms with E-state index in [9.17, 15) is 8.42 Å². The number of methoxy groups -OCH3 is 1. The molecule has 0 aliphatic carbocycles. The van der Waals surface area contributed by atoms with E-state index in [0.29, 0.717) is 13.0 Å². The van der Waals surface area contributed by atoms with E-state index in [4.69, 9.17) is 10.3 Å². The van der Waals surface area contributed by atoms with Crippen molar-refractivity contribution in [3.05, 3.63) is 10.4 Å². The maximum absolute atomic E-state index is 11.2. The van der Waals surface area contributed by atoms with Gasteiger partial charge in [0.2, 0.25) is 10.0 Å². The van der Waals surface area contributed by atoms with Crippen molar-refractivity contribution in [3.63, 3.8) is 0 Å². The molecule has 0 aromatic rings. The molecular formula is C6H14N4O3S. The highest BCUT2D eigenvalue weighted by Gasteiger charge is 2.07. The fourth-order valence-corrected chi connectivity index (χ4v) is 1.81. The zero-order chi connectivity index (χ0) is 10.9. The number of sulfonamides is 1. The van der Waals surface area contributed by atoms with Crippen LogP contribution in [0.25, 0.3) is 10.4 Å². The molecule has 0 rings (SSSR count). The number of hydrogen-bond acceptors (Lipinski definition) is 4. The van der Waals surface area contributed by atoms with Crippen LogP contribution in [0.1, 0.15) is 6.42 Å². The highest BCUT2D eigenvalue weighted by molar-refractivity contribution is 7.89. The first kappa shape index (κ1) is 13.2. The zero-order valence-corrected chi connectivity index (χ0v) is 8.83. The molecule has 0 bridgehead atoms. The highest BCUT2D eigenvalue weighted by Crippen LogP contribution is 1.89. The van der Waals surface area contributed by atoms with Crippen LogP contribution in [0, 0.1) is 0 Å². The molecule has 0 heterocycles. The molecule has 0 fully saturated rings. The van der Waals surface area contributed by atoms with E-state index in [-0.39, 0.29) is 18.8 Å². The smallest absolute Gasteiger partial charge is 0.211 e. The molecule has 0 saturated heterocycles. The summed E-state index contributed by atoms with van der Waals surface area (Å²) in [6.07, 6.45) is 0.452. The highest BCUT2D eigenvalue weighted by atomic mass is 32.2. The van der Waals surface area contributed by atoms with Gasteiger partial charge in [-0.2, -0.15) is 0 Å². The molecule has 0 aliphatic rings. The third-order valence-electron chi connectivity index (χ3n) is 1.36. The van der Waals surface area contributed by atoms with E-state index in [1.165, 1.54) is 7.11 Å². The Bertz CT molecular complexity index is 283. The Labute approximate surface area is 83.1 Å². The topological polar surface area (TPSA) is 104 Å². The SMILES string of the molecule is COCCCS(=O)(=O)NCCN=[N+]=[N-]. The van der Waals surface area contributed by atoms with E-state index >= 15 is 0 Å². The van der Waals surface area contributed by atoms with Crippen LogP contribution in [-0.2, 0) is 14.8 Å². The van der Waals surface area contributed by atoms with Gasteiger partial charge >= 0.3 is 0 Å². The first-order valence-electron chi connectivity index (χ1n) is 4.09. The fourth-order valence-electron chi connectivity index (χ4n) is 0.761. The molecule has 0 spiro atoms. The molecule has 14 heavy (non-hydrogen) atoms. The number of rotatable bonds is 8. The lowest BCUT2D eigenvalue weighted by Crippen LogP contribution is -2.29. The Morgan fingerprint density at radius 2 is 2.29 bits per heavy atom. The minimum absolute atomic E-state index is 0.0249. The van der Waals surface area contributed by atoms with Crippen LogP contribution in [0.15, 0.2) is 5.11 Å². The lowest BCUT2D eigenvalue weighted by molar-refractivity contribution is 0.199. The largest absolute Gasteiger partial charge is 0.385 e. The number of nitrogens with one attached hydrogen (secondary N) is 1. The summed E-state index contributed by atoms with van der Waals surface area (Å²) in [4.78, 5) is 2.50. The molecule has 0 aliphatic heterocycles. The van der Waals surface area contributed by atoms with Crippen LogP contribution in [-0.4, -0.2) is 41.0 Å². The van der Waals surface area contributed by atoms with E-state index in [1.807, 2.05) is 0 Å². The predicted octanol–water partition coefficient (Wildman–Crippen LogP) is 0.253. The summed E-state index contributed by atoms with van der Waals surface area (Å²) in [7, 11) is -1.73. The molecule has 82 valence electrons. The summed E-state index contributed by atoms with van der Waals surface area (Å²) in [5.74, 6) is 0.0249. The summed E-state index contributed by atoms with van der Waals surface area (Å²) in [5.41, 5.74) is 7.93. The molecule has 0 unspecified atom stereocenters. The lowest BCUT2D eigenvalue weighted by Gasteiger charge is -2.03. The van der Waals surface area contributed by atoms with Crippen molar-refractivity contribution in [1.29, 1.82) is 0 Å². The number of nitrogens with zero attached hydrogens (tertiary/aromatic N) is 3. The standard InChI is InChI=1S/C6H14N4O3S/c1-13-5-2-6-14(11,12)9-4-3-8-10-7/h9H,2-6H2,1H3. The average Bonchev–Trinajstić information content (AvgIpc) is 2.13. The van der Waals surface area contributed by atoms with E-state index < -0.39 is 10.0 Å². The Kier molecular flexibility index (Phi) is 7.13. The predicted molar refractivity (Wildman–Crippen MR) is 52.3 cm³/mol.